The Labute approximate surface area is 118 Å². The maximum absolute atomic E-state index is 11.3. The van der Waals surface area contributed by atoms with Crippen LogP contribution in [0.15, 0.2) is 16.8 Å². The molecule has 4 nitrogen and oxygen atoms in total. The lowest BCUT2D eigenvalue weighted by atomic mass is 10.1. The van der Waals surface area contributed by atoms with E-state index in [1.54, 1.807) is 11.3 Å². The van der Waals surface area contributed by atoms with Gasteiger partial charge in [0.1, 0.15) is 0 Å². The van der Waals surface area contributed by atoms with Crippen molar-refractivity contribution in [3.8, 4) is 0 Å². The van der Waals surface area contributed by atoms with Crippen LogP contribution in [0.3, 0.4) is 0 Å². The Balaban J connectivity index is 1.84. The number of hydrogen-bond donors (Lipinski definition) is 0. The van der Waals surface area contributed by atoms with Crippen molar-refractivity contribution in [3.63, 3.8) is 0 Å². The monoisotopic (exact) mass is 283 g/mol. The molecule has 5 heteroatoms. The lowest BCUT2D eigenvalue weighted by Crippen LogP contribution is -2.48. The van der Waals surface area contributed by atoms with Gasteiger partial charge in [0.25, 0.3) is 0 Å². The topological polar surface area (TPSA) is 38.8 Å². The van der Waals surface area contributed by atoms with Crippen LogP contribution in [0.1, 0.15) is 18.9 Å². The average Bonchev–Trinajstić information content (AvgIpc) is 2.91. The van der Waals surface area contributed by atoms with E-state index in [4.69, 9.17) is 9.47 Å². The Bertz CT molecular complexity index is 393. The van der Waals surface area contributed by atoms with Crippen LogP contribution < -0.4 is 0 Å². The van der Waals surface area contributed by atoms with Crippen LogP contribution in [0, 0.1) is 0 Å². The SMILES string of the molecule is COC(=O)C[C@H]1CN([C@H](C)Cc2ccsc2)CCO1. The standard InChI is InChI=1S/C14H21NO3S/c1-11(7-12-3-6-19-10-12)15-4-5-18-13(9-15)8-14(16)17-2/h3,6,10-11,13H,4-5,7-9H2,1-2H3/t11-,13+/m1/s1. The third kappa shape index (κ3) is 4.30. The molecule has 0 spiro atoms. The minimum absolute atomic E-state index is 0.0360. The second-order valence-electron chi connectivity index (χ2n) is 4.95. The second kappa shape index (κ2) is 7.03. The highest BCUT2D eigenvalue weighted by Gasteiger charge is 2.26. The van der Waals surface area contributed by atoms with Crippen molar-refractivity contribution in [3.05, 3.63) is 22.4 Å². The molecule has 0 saturated carbocycles. The van der Waals surface area contributed by atoms with Gasteiger partial charge in [0.2, 0.25) is 0 Å². The lowest BCUT2D eigenvalue weighted by Gasteiger charge is -2.36. The molecule has 0 radical (unpaired) electrons. The van der Waals surface area contributed by atoms with Gasteiger partial charge in [0.05, 0.1) is 26.2 Å². The van der Waals surface area contributed by atoms with E-state index in [0.29, 0.717) is 19.1 Å². The molecule has 19 heavy (non-hydrogen) atoms. The molecule has 0 amide bonds. The van der Waals surface area contributed by atoms with Crippen molar-refractivity contribution < 1.29 is 14.3 Å². The predicted molar refractivity (Wildman–Crippen MR) is 75.4 cm³/mol. The summed E-state index contributed by atoms with van der Waals surface area (Å²) in [5.41, 5.74) is 1.38. The first-order chi connectivity index (χ1) is 9.19. The van der Waals surface area contributed by atoms with Crippen molar-refractivity contribution in [2.75, 3.05) is 26.8 Å². The number of rotatable bonds is 5. The van der Waals surface area contributed by atoms with Crippen LogP contribution >= 0.6 is 11.3 Å². The molecule has 2 rings (SSSR count). The molecule has 1 fully saturated rings. The summed E-state index contributed by atoms with van der Waals surface area (Å²) in [5, 5.41) is 4.31. The molecule has 2 atom stereocenters. The van der Waals surface area contributed by atoms with Crippen molar-refractivity contribution in [2.24, 2.45) is 0 Å². The van der Waals surface area contributed by atoms with Gasteiger partial charge in [0, 0.05) is 19.1 Å². The van der Waals surface area contributed by atoms with Crippen LogP contribution in [-0.4, -0.2) is 49.8 Å². The number of hydrogen-bond acceptors (Lipinski definition) is 5. The van der Waals surface area contributed by atoms with E-state index in [2.05, 4.69) is 28.7 Å². The van der Waals surface area contributed by atoms with Gasteiger partial charge in [-0.2, -0.15) is 11.3 Å². The summed E-state index contributed by atoms with van der Waals surface area (Å²) in [6, 6.07) is 2.65. The van der Waals surface area contributed by atoms with E-state index >= 15 is 0 Å². The van der Waals surface area contributed by atoms with Crippen molar-refractivity contribution >= 4 is 17.3 Å². The number of morpholine rings is 1. The normalized spacial score (nSPS) is 22.1. The van der Waals surface area contributed by atoms with Crippen LogP contribution in [-0.2, 0) is 20.7 Å². The number of carbonyl (C=O) groups excluding carboxylic acids is 1. The second-order valence-corrected chi connectivity index (χ2v) is 5.73. The first-order valence-electron chi connectivity index (χ1n) is 6.62. The third-order valence-corrected chi connectivity index (χ3v) is 4.26. The molecule has 0 unspecified atom stereocenters. The Morgan fingerprint density at radius 2 is 2.53 bits per heavy atom. The van der Waals surface area contributed by atoms with Crippen LogP contribution in [0.2, 0.25) is 0 Å². The summed E-state index contributed by atoms with van der Waals surface area (Å²) >= 11 is 1.74. The van der Waals surface area contributed by atoms with Crippen molar-refractivity contribution in [2.45, 2.75) is 31.9 Å². The fourth-order valence-corrected chi connectivity index (χ4v) is 3.10. The first kappa shape index (κ1) is 14.5. The first-order valence-corrected chi connectivity index (χ1v) is 7.57. The largest absolute Gasteiger partial charge is 0.469 e. The lowest BCUT2D eigenvalue weighted by molar-refractivity contribution is -0.146. The number of nitrogens with zero attached hydrogens (tertiary/aromatic N) is 1. The Kier molecular flexibility index (Phi) is 5.36. The molecule has 1 aliphatic heterocycles. The zero-order valence-electron chi connectivity index (χ0n) is 11.5. The molecular formula is C14H21NO3S. The van der Waals surface area contributed by atoms with Gasteiger partial charge in [0.15, 0.2) is 0 Å². The summed E-state index contributed by atoms with van der Waals surface area (Å²) in [6.45, 7) is 4.66. The fourth-order valence-electron chi connectivity index (χ4n) is 2.41. The number of carbonyl (C=O) groups is 1. The third-order valence-electron chi connectivity index (χ3n) is 3.53. The number of thiophene rings is 1. The molecule has 0 bridgehead atoms. The Morgan fingerprint density at radius 1 is 1.68 bits per heavy atom. The number of ether oxygens (including phenoxy) is 2. The van der Waals surface area contributed by atoms with Gasteiger partial charge in [-0.25, -0.2) is 0 Å². The number of esters is 1. The summed E-state index contributed by atoms with van der Waals surface area (Å²) < 4.78 is 10.3. The highest BCUT2D eigenvalue weighted by molar-refractivity contribution is 7.07. The van der Waals surface area contributed by atoms with Crippen molar-refractivity contribution in [1.29, 1.82) is 0 Å². The van der Waals surface area contributed by atoms with Crippen LogP contribution in [0.4, 0.5) is 0 Å². The minimum Gasteiger partial charge on any atom is -0.469 e. The highest BCUT2D eigenvalue weighted by Crippen LogP contribution is 2.16. The smallest absolute Gasteiger partial charge is 0.308 e. The van der Waals surface area contributed by atoms with Crippen LogP contribution in [0.5, 0.6) is 0 Å². The zero-order chi connectivity index (χ0) is 13.7. The fraction of sp³-hybridized carbons (Fsp3) is 0.643. The van der Waals surface area contributed by atoms with Gasteiger partial charge >= 0.3 is 5.97 Å². The molecule has 2 heterocycles. The van der Waals surface area contributed by atoms with Gasteiger partial charge in [-0.05, 0) is 35.7 Å². The predicted octanol–water partition coefficient (Wildman–Crippen LogP) is 1.94. The van der Waals surface area contributed by atoms with E-state index < -0.39 is 0 Å². The Morgan fingerprint density at radius 3 is 3.21 bits per heavy atom. The van der Waals surface area contributed by atoms with Gasteiger partial charge in [-0.15, -0.1) is 0 Å². The van der Waals surface area contributed by atoms with E-state index in [-0.39, 0.29) is 12.1 Å². The summed E-state index contributed by atoms with van der Waals surface area (Å²) in [7, 11) is 1.42. The molecule has 1 aliphatic rings. The zero-order valence-corrected chi connectivity index (χ0v) is 12.3. The maximum atomic E-state index is 11.3. The van der Waals surface area contributed by atoms with Gasteiger partial charge in [-0.3, -0.25) is 9.69 Å². The molecule has 1 saturated heterocycles. The molecule has 0 aliphatic carbocycles. The van der Waals surface area contributed by atoms with E-state index in [0.717, 1.165) is 19.5 Å². The minimum atomic E-state index is -0.197. The van der Waals surface area contributed by atoms with Gasteiger partial charge < -0.3 is 9.47 Å². The summed E-state index contributed by atoms with van der Waals surface area (Å²) in [4.78, 5) is 13.7. The molecule has 0 N–H and O–H groups in total. The molecule has 1 aromatic heterocycles. The molecule has 1 aromatic rings. The quantitative estimate of drug-likeness (QED) is 0.774. The summed E-state index contributed by atoms with van der Waals surface area (Å²) in [6.07, 6.45) is 1.36. The van der Waals surface area contributed by atoms with E-state index in [1.807, 2.05) is 0 Å². The molecular weight excluding hydrogens is 262 g/mol. The van der Waals surface area contributed by atoms with Gasteiger partial charge in [-0.1, -0.05) is 0 Å². The van der Waals surface area contributed by atoms with Crippen molar-refractivity contribution in [1.82, 2.24) is 4.90 Å². The molecule has 0 aromatic carbocycles. The Hall–Kier alpha value is -0.910. The van der Waals surface area contributed by atoms with E-state index in [9.17, 15) is 4.79 Å². The summed E-state index contributed by atoms with van der Waals surface area (Å²) in [5.74, 6) is -0.197. The number of methoxy groups -OCH3 is 1. The maximum Gasteiger partial charge on any atom is 0.308 e. The van der Waals surface area contributed by atoms with Crippen LogP contribution in [0.25, 0.3) is 0 Å². The van der Waals surface area contributed by atoms with E-state index in [1.165, 1.54) is 12.7 Å². The average molecular weight is 283 g/mol. The highest BCUT2D eigenvalue weighted by atomic mass is 32.1. The molecule has 106 valence electrons.